The van der Waals surface area contributed by atoms with Gasteiger partial charge in [0, 0.05) is 35.7 Å². The van der Waals surface area contributed by atoms with E-state index in [-0.39, 0.29) is 31.5 Å². The Morgan fingerprint density at radius 1 is 0.976 bits per heavy atom. The van der Waals surface area contributed by atoms with Gasteiger partial charge in [0.1, 0.15) is 5.78 Å². The van der Waals surface area contributed by atoms with Gasteiger partial charge < -0.3 is 16.0 Å². The summed E-state index contributed by atoms with van der Waals surface area (Å²) in [4.78, 5) is 59.3. The van der Waals surface area contributed by atoms with Gasteiger partial charge in [-0.3, -0.25) is 19.4 Å². The topological polar surface area (TPSA) is 175 Å². The fraction of sp³-hybridized carbons (Fsp3) is 0.387. The predicted octanol–water partition coefficient (Wildman–Crippen LogP) is 4.06. The number of rotatable bonds is 10. The molecule has 2 aromatic carbocycles. The second-order valence-electron chi connectivity index (χ2n) is 10.6. The molecule has 0 bridgehead atoms. The number of aliphatic imine (C=N–C) groups is 1. The first-order chi connectivity index (χ1) is 19.9. The fourth-order valence-corrected chi connectivity index (χ4v) is 5.44. The number of ketones is 1. The lowest BCUT2D eigenvalue weighted by atomic mass is 9.77. The highest BCUT2D eigenvalue weighted by atomic mass is 16.2. The van der Waals surface area contributed by atoms with E-state index in [1.165, 1.54) is 6.20 Å². The summed E-state index contributed by atoms with van der Waals surface area (Å²) in [5.74, 6) is 0.263. The van der Waals surface area contributed by atoms with Crippen molar-refractivity contribution in [3.05, 3.63) is 86.7 Å². The molecule has 5 N–H and O–H groups in total. The lowest BCUT2D eigenvalue weighted by Gasteiger charge is -2.27. The van der Waals surface area contributed by atoms with Crippen LogP contribution in [0.3, 0.4) is 0 Å². The lowest BCUT2D eigenvalue weighted by Crippen LogP contribution is -2.31. The minimum absolute atomic E-state index is 0. The Kier molecular flexibility index (Phi) is 10.1. The Morgan fingerprint density at radius 2 is 1.67 bits per heavy atom. The molecule has 1 atom stereocenters. The standard InChI is InChI=1S/C30H33N7O4.CH4/c31-15-19-3-7-21(8-4-19)26(38)14-23(28(39)35-24-11-9-22(10-12-24)27-33-17-34-37-27)13-18-1-5-20(6-2-18)25-16-32-30(41)36-29(25)40;/h1-2,5-6,9-12,16,19,21,23H,3-4,7-8,13-15,17,31H2,(H,35,39)(H2,32,36,40,41);1H4/t19?,21?,23-;/m1./s1. The quantitative estimate of drug-likeness (QED) is 0.286. The normalized spacial score (nSPS) is 18.5. The van der Waals surface area contributed by atoms with Gasteiger partial charge in [0.2, 0.25) is 5.91 Å². The summed E-state index contributed by atoms with van der Waals surface area (Å²) < 4.78 is 0. The van der Waals surface area contributed by atoms with Gasteiger partial charge in [-0.25, -0.2) is 9.79 Å². The molecule has 0 spiro atoms. The van der Waals surface area contributed by atoms with E-state index >= 15 is 0 Å². The molecule has 2 aliphatic rings. The number of amides is 1. The number of hydrogen-bond acceptors (Lipinski definition) is 8. The number of anilines is 1. The zero-order chi connectivity index (χ0) is 28.8. The molecule has 0 unspecified atom stereocenters. The first-order valence-corrected chi connectivity index (χ1v) is 13.9. The molecule has 1 fully saturated rings. The highest BCUT2D eigenvalue weighted by molar-refractivity contribution is 6.01. The van der Waals surface area contributed by atoms with E-state index in [2.05, 4.69) is 30.5 Å². The molecule has 0 saturated heterocycles. The molecule has 0 radical (unpaired) electrons. The summed E-state index contributed by atoms with van der Waals surface area (Å²) >= 11 is 0. The molecule has 1 aliphatic carbocycles. The van der Waals surface area contributed by atoms with Crippen molar-refractivity contribution in [2.75, 3.05) is 18.5 Å². The van der Waals surface area contributed by atoms with E-state index in [1.54, 1.807) is 24.3 Å². The van der Waals surface area contributed by atoms with Gasteiger partial charge >= 0.3 is 5.69 Å². The number of nitrogens with zero attached hydrogens (tertiary/aromatic N) is 3. The van der Waals surface area contributed by atoms with Crippen molar-refractivity contribution in [3.63, 3.8) is 0 Å². The number of aromatic nitrogens is 2. The average molecular weight is 572 g/mol. The van der Waals surface area contributed by atoms with Crippen LogP contribution in [0.15, 0.2) is 79.5 Å². The molecule has 2 heterocycles. The van der Waals surface area contributed by atoms with Crippen LogP contribution in [0.25, 0.3) is 11.1 Å². The number of azo groups is 1. The number of amidine groups is 1. The van der Waals surface area contributed by atoms with Crippen molar-refractivity contribution in [2.24, 2.45) is 38.7 Å². The maximum Gasteiger partial charge on any atom is 0.325 e. The molecule has 1 aliphatic heterocycles. The van der Waals surface area contributed by atoms with E-state index in [1.807, 2.05) is 24.3 Å². The predicted molar refractivity (Wildman–Crippen MR) is 163 cm³/mol. The van der Waals surface area contributed by atoms with Gasteiger partial charge in [-0.15, -0.1) is 5.11 Å². The van der Waals surface area contributed by atoms with E-state index in [9.17, 15) is 19.2 Å². The maximum absolute atomic E-state index is 13.5. The third kappa shape index (κ3) is 7.41. The number of H-pyrrole nitrogens is 2. The van der Waals surface area contributed by atoms with Gasteiger partial charge in [-0.05, 0) is 80.0 Å². The number of carbonyl (C=O) groups excluding carboxylic acids is 2. The van der Waals surface area contributed by atoms with Gasteiger partial charge in [0.05, 0.1) is 5.56 Å². The largest absolute Gasteiger partial charge is 0.330 e. The Hall–Kier alpha value is -4.51. The van der Waals surface area contributed by atoms with Crippen LogP contribution in [0.4, 0.5) is 5.69 Å². The number of benzene rings is 2. The SMILES string of the molecule is C.NCC1CCC(C(=O)C[C@@H](Cc2ccc(-c3c[nH]c(=O)[nH]c3=O)cc2)C(=O)Nc2ccc(C3=NCN=N3)cc2)CC1. The molecule has 11 nitrogen and oxygen atoms in total. The molecule has 42 heavy (non-hydrogen) atoms. The van der Waals surface area contributed by atoms with Gasteiger partial charge in [-0.2, -0.15) is 5.11 Å². The molecule has 11 heteroatoms. The number of nitrogens with one attached hydrogen (secondary N) is 3. The number of carbonyl (C=O) groups is 2. The summed E-state index contributed by atoms with van der Waals surface area (Å²) in [7, 11) is 0. The number of Topliss-reactive ketones (excluding diaryl/α,β-unsaturated/α-hetero) is 1. The second kappa shape index (κ2) is 13.9. The molecule has 1 aromatic heterocycles. The van der Waals surface area contributed by atoms with Crippen LogP contribution in [-0.4, -0.2) is 40.7 Å². The van der Waals surface area contributed by atoms with Crippen LogP contribution in [0.1, 0.15) is 50.7 Å². The first kappa shape index (κ1) is 30.4. The van der Waals surface area contributed by atoms with E-state index in [0.29, 0.717) is 48.2 Å². The molecular weight excluding hydrogens is 534 g/mol. The smallest absolute Gasteiger partial charge is 0.325 e. The van der Waals surface area contributed by atoms with Gasteiger partial charge in [-0.1, -0.05) is 31.7 Å². The Labute approximate surface area is 243 Å². The number of aromatic amines is 2. The Balaban J connectivity index is 0.00000405. The highest BCUT2D eigenvalue weighted by Gasteiger charge is 2.30. The summed E-state index contributed by atoms with van der Waals surface area (Å²) in [6.45, 7) is 0.960. The summed E-state index contributed by atoms with van der Waals surface area (Å²) in [5, 5.41) is 10.8. The van der Waals surface area contributed by atoms with Crippen LogP contribution < -0.4 is 22.3 Å². The molecule has 1 amide bonds. The summed E-state index contributed by atoms with van der Waals surface area (Å²) in [5.41, 5.74) is 8.01. The number of nitrogens with two attached hydrogens (primary N) is 1. The van der Waals surface area contributed by atoms with Crippen molar-refractivity contribution < 1.29 is 9.59 Å². The third-order valence-corrected chi connectivity index (χ3v) is 7.88. The first-order valence-electron chi connectivity index (χ1n) is 13.9. The molecule has 5 rings (SSSR count). The van der Waals surface area contributed by atoms with Gasteiger partial charge in [0.25, 0.3) is 5.56 Å². The Morgan fingerprint density at radius 3 is 2.29 bits per heavy atom. The van der Waals surface area contributed by atoms with Crippen LogP contribution >= 0.6 is 0 Å². The summed E-state index contributed by atoms with van der Waals surface area (Å²) in [6, 6.07) is 14.4. The average Bonchev–Trinajstić information content (AvgIpc) is 3.53. The lowest BCUT2D eigenvalue weighted by molar-refractivity contribution is -0.129. The van der Waals surface area contributed by atoms with E-state index in [4.69, 9.17) is 5.73 Å². The monoisotopic (exact) mass is 571 g/mol. The van der Waals surface area contributed by atoms with Crippen LogP contribution in [0, 0.1) is 17.8 Å². The van der Waals surface area contributed by atoms with Gasteiger partial charge in [0.15, 0.2) is 12.5 Å². The van der Waals surface area contributed by atoms with E-state index in [0.717, 1.165) is 36.8 Å². The fourth-order valence-electron chi connectivity index (χ4n) is 5.44. The second-order valence-corrected chi connectivity index (χ2v) is 10.6. The van der Waals surface area contributed by atoms with Crippen LogP contribution in [0.2, 0.25) is 0 Å². The zero-order valence-corrected chi connectivity index (χ0v) is 22.6. The minimum atomic E-state index is -0.579. The third-order valence-electron chi connectivity index (χ3n) is 7.88. The highest BCUT2D eigenvalue weighted by Crippen LogP contribution is 2.31. The molecule has 220 valence electrons. The van der Waals surface area contributed by atoms with Crippen molar-refractivity contribution in [1.82, 2.24) is 9.97 Å². The minimum Gasteiger partial charge on any atom is -0.330 e. The number of hydrogen-bond donors (Lipinski definition) is 4. The zero-order valence-electron chi connectivity index (χ0n) is 22.6. The van der Waals surface area contributed by atoms with Crippen molar-refractivity contribution >= 4 is 23.2 Å². The molecule has 3 aromatic rings. The van der Waals surface area contributed by atoms with Crippen molar-refractivity contribution in [1.29, 1.82) is 0 Å². The summed E-state index contributed by atoms with van der Waals surface area (Å²) in [6.07, 6.45) is 5.35. The van der Waals surface area contributed by atoms with E-state index < -0.39 is 17.2 Å². The van der Waals surface area contributed by atoms with Crippen molar-refractivity contribution in [2.45, 2.75) is 46.0 Å². The molecular formula is C31H37N7O4. The van der Waals surface area contributed by atoms with Crippen molar-refractivity contribution in [3.8, 4) is 11.1 Å². The maximum atomic E-state index is 13.5. The molecule has 1 saturated carbocycles. The van der Waals surface area contributed by atoms with Crippen LogP contribution in [0.5, 0.6) is 0 Å². The Bertz CT molecular complexity index is 1560. The van der Waals surface area contributed by atoms with Crippen LogP contribution in [-0.2, 0) is 16.0 Å².